The SMILES string of the molecule is C=CC(=C)c1cccc(-c2nc(C)nc(-c3cccc(-c4cc(/C(C=C)=C/C)cc(-c5ccccc5)c4)c3)n2)c1. The second kappa shape index (κ2) is 11.7. The summed E-state index contributed by atoms with van der Waals surface area (Å²) in [5.41, 5.74) is 10.4. The third-order valence-electron chi connectivity index (χ3n) is 6.84. The van der Waals surface area contributed by atoms with Crippen LogP contribution >= 0.6 is 0 Å². The molecule has 0 radical (unpaired) electrons. The van der Waals surface area contributed by atoms with Crippen LogP contribution in [0.2, 0.25) is 0 Å². The highest BCUT2D eigenvalue weighted by Gasteiger charge is 2.12. The zero-order valence-corrected chi connectivity index (χ0v) is 22.9. The Morgan fingerprint density at radius 3 is 1.77 bits per heavy atom. The van der Waals surface area contributed by atoms with Crippen molar-refractivity contribution in [2.24, 2.45) is 0 Å². The van der Waals surface area contributed by atoms with Crippen LogP contribution in [0.25, 0.3) is 56.2 Å². The molecule has 1 heterocycles. The van der Waals surface area contributed by atoms with Crippen LogP contribution in [0.4, 0.5) is 0 Å². The minimum absolute atomic E-state index is 0.628. The van der Waals surface area contributed by atoms with Gasteiger partial charge >= 0.3 is 0 Å². The Hall–Kier alpha value is -5.15. The summed E-state index contributed by atoms with van der Waals surface area (Å²) in [6, 6.07) is 33.5. The number of allylic oxidation sites excluding steroid dienone is 5. The van der Waals surface area contributed by atoms with Crippen molar-refractivity contribution in [2.45, 2.75) is 13.8 Å². The van der Waals surface area contributed by atoms with Gasteiger partial charge in [0.1, 0.15) is 5.82 Å². The average molecular weight is 518 g/mol. The first-order chi connectivity index (χ1) is 19.5. The third-order valence-corrected chi connectivity index (χ3v) is 6.84. The molecule has 0 amide bonds. The first-order valence-corrected chi connectivity index (χ1v) is 13.2. The highest BCUT2D eigenvalue weighted by atomic mass is 15.0. The van der Waals surface area contributed by atoms with Crippen LogP contribution in [0, 0.1) is 6.92 Å². The lowest BCUT2D eigenvalue weighted by Crippen LogP contribution is -2.00. The topological polar surface area (TPSA) is 38.7 Å². The lowest BCUT2D eigenvalue weighted by atomic mass is 9.92. The van der Waals surface area contributed by atoms with E-state index in [4.69, 9.17) is 9.97 Å². The molecule has 0 atom stereocenters. The molecule has 0 spiro atoms. The van der Waals surface area contributed by atoms with Crippen LogP contribution in [0.3, 0.4) is 0 Å². The number of nitrogens with zero attached hydrogens (tertiary/aromatic N) is 3. The van der Waals surface area contributed by atoms with E-state index >= 15 is 0 Å². The van der Waals surface area contributed by atoms with Gasteiger partial charge in [-0.2, -0.15) is 0 Å². The van der Waals surface area contributed by atoms with Gasteiger partial charge in [-0.05, 0) is 88.7 Å². The van der Waals surface area contributed by atoms with Crippen LogP contribution in [-0.4, -0.2) is 15.0 Å². The number of benzene rings is 4. The number of aromatic nitrogens is 3. The van der Waals surface area contributed by atoms with Crippen LogP contribution in [0.5, 0.6) is 0 Å². The van der Waals surface area contributed by atoms with Crippen LogP contribution in [-0.2, 0) is 0 Å². The fraction of sp³-hybridized carbons (Fsp3) is 0.0541. The number of hydrogen-bond donors (Lipinski definition) is 0. The lowest BCUT2D eigenvalue weighted by molar-refractivity contribution is 0.992. The van der Waals surface area contributed by atoms with Crippen molar-refractivity contribution in [2.75, 3.05) is 0 Å². The molecule has 0 saturated heterocycles. The van der Waals surface area contributed by atoms with E-state index in [2.05, 4.69) is 91.5 Å². The maximum Gasteiger partial charge on any atom is 0.163 e. The summed E-state index contributed by atoms with van der Waals surface area (Å²) in [4.78, 5) is 14.2. The monoisotopic (exact) mass is 517 g/mol. The maximum atomic E-state index is 4.87. The second-order valence-electron chi connectivity index (χ2n) is 9.53. The average Bonchev–Trinajstić information content (AvgIpc) is 3.01. The number of rotatable bonds is 8. The van der Waals surface area contributed by atoms with Crippen molar-refractivity contribution in [1.29, 1.82) is 0 Å². The van der Waals surface area contributed by atoms with E-state index in [0.717, 1.165) is 50.1 Å². The van der Waals surface area contributed by atoms with Crippen LogP contribution in [0.1, 0.15) is 23.9 Å². The van der Waals surface area contributed by atoms with Crippen molar-refractivity contribution in [3.8, 4) is 45.0 Å². The summed E-state index contributed by atoms with van der Waals surface area (Å²) >= 11 is 0. The molecular weight excluding hydrogens is 486 g/mol. The first-order valence-electron chi connectivity index (χ1n) is 13.2. The molecule has 0 N–H and O–H groups in total. The van der Waals surface area contributed by atoms with Gasteiger partial charge in [0, 0.05) is 11.1 Å². The number of hydrogen-bond acceptors (Lipinski definition) is 3. The van der Waals surface area contributed by atoms with Gasteiger partial charge < -0.3 is 0 Å². The molecule has 0 aliphatic heterocycles. The summed E-state index contributed by atoms with van der Waals surface area (Å²) in [5.74, 6) is 1.93. The molecule has 5 aromatic rings. The molecule has 3 heteroatoms. The van der Waals surface area contributed by atoms with E-state index in [1.54, 1.807) is 6.08 Å². The van der Waals surface area contributed by atoms with Crippen molar-refractivity contribution in [3.63, 3.8) is 0 Å². The maximum absolute atomic E-state index is 4.87. The molecule has 0 fully saturated rings. The van der Waals surface area contributed by atoms with Crippen LogP contribution in [0.15, 0.2) is 135 Å². The summed E-state index contributed by atoms with van der Waals surface area (Å²) in [6.07, 6.45) is 5.74. The Labute approximate surface area is 236 Å². The molecule has 40 heavy (non-hydrogen) atoms. The van der Waals surface area contributed by atoms with Gasteiger partial charge in [-0.1, -0.05) is 105 Å². The first kappa shape index (κ1) is 26.5. The zero-order valence-electron chi connectivity index (χ0n) is 22.9. The minimum atomic E-state index is 0.628. The van der Waals surface area contributed by atoms with Gasteiger partial charge in [-0.15, -0.1) is 0 Å². The Morgan fingerprint density at radius 1 is 0.575 bits per heavy atom. The van der Waals surface area contributed by atoms with Crippen LogP contribution < -0.4 is 0 Å². The van der Waals surface area contributed by atoms with Gasteiger partial charge in [0.2, 0.25) is 0 Å². The molecule has 1 aromatic heterocycles. The van der Waals surface area contributed by atoms with Crippen molar-refractivity contribution in [3.05, 3.63) is 152 Å². The van der Waals surface area contributed by atoms with Gasteiger partial charge in [0.15, 0.2) is 11.6 Å². The molecule has 0 bridgehead atoms. The molecule has 0 unspecified atom stereocenters. The largest absolute Gasteiger partial charge is 0.213 e. The summed E-state index contributed by atoms with van der Waals surface area (Å²) in [6.45, 7) is 15.9. The summed E-state index contributed by atoms with van der Waals surface area (Å²) in [5, 5.41) is 0. The van der Waals surface area contributed by atoms with E-state index in [1.165, 1.54) is 5.56 Å². The summed E-state index contributed by atoms with van der Waals surface area (Å²) in [7, 11) is 0. The second-order valence-corrected chi connectivity index (χ2v) is 9.53. The van der Waals surface area contributed by atoms with Crippen molar-refractivity contribution < 1.29 is 0 Å². The smallest absolute Gasteiger partial charge is 0.163 e. The molecule has 0 aliphatic carbocycles. The summed E-state index contributed by atoms with van der Waals surface area (Å²) < 4.78 is 0. The highest BCUT2D eigenvalue weighted by molar-refractivity contribution is 5.84. The minimum Gasteiger partial charge on any atom is -0.213 e. The Balaban J connectivity index is 1.60. The van der Waals surface area contributed by atoms with Gasteiger partial charge in [0.25, 0.3) is 0 Å². The third kappa shape index (κ3) is 5.64. The molecule has 5 rings (SSSR count). The molecule has 3 nitrogen and oxygen atoms in total. The molecule has 0 saturated carbocycles. The van der Waals surface area contributed by atoms with Gasteiger partial charge in [-0.3, -0.25) is 0 Å². The quantitative estimate of drug-likeness (QED) is 0.192. The predicted molar refractivity (Wildman–Crippen MR) is 169 cm³/mol. The van der Waals surface area contributed by atoms with Crippen molar-refractivity contribution >= 4 is 11.1 Å². The van der Waals surface area contributed by atoms with E-state index in [9.17, 15) is 0 Å². The van der Waals surface area contributed by atoms with E-state index in [1.807, 2.05) is 56.3 Å². The highest BCUT2D eigenvalue weighted by Crippen LogP contribution is 2.33. The number of aryl methyl sites for hydroxylation is 1. The molecule has 0 aliphatic rings. The lowest BCUT2D eigenvalue weighted by Gasteiger charge is -2.13. The Morgan fingerprint density at radius 2 is 1.12 bits per heavy atom. The van der Waals surface area contributed by atoms with E-state index < -0.39 is 0 Å². The molecule has 194 valence electrons. The van der Waals surface area contributed by atoms with Crippen molar-refractivity contribution in [1.82, 2.24) is 15.0 Å². The molecular formula is C37H31N3. The van der Waals surface area contributed by atoms with Gasteiger partial charge in [0.05, 0.1) is 0 Å². The standard InChI is InChI=1S/C37H31N3/c1-6-25(4)29-16-12-18-31(20-29)36-38-26(5)39-37(40-36)32-19-13-17-30(21-32)35-23-33(27(7-2)8-3)22-34(24-35)28-14-10-9-11-15-28/h6-24H,1-2,4H2,3,5H3/b27-8+. The normalized spacial score (nSPS) is 11.2. The fourth-order valence-electron chi connectivity index (χ4n) is 4.71. The van der Waals surface area contributed by atoms with E-state index in [-0.39, 0.29) is 0 Å². The Bertz CT molecular complexity index is 1760. The van der Waals surface area contributed by atoms with E-state index in [0.29, 0.717) is 17.5 Å². The Kier molecular flexibility index (Phi) is 7.75. The fourth-order valence-corrected chi connectivity index (χ4v) is 4.71. The molecule has 4 aromatic carbocycles. The predicted octanol–water partition coefficient (Wildman–Crippen LogP) is 9.64. The van der Waals surface area contributed by atoms with Gasteiger partial charge in [-0.25, -0.2) is 15.0 Å². The zero-order chi connectivity index (χ0) is 28.1.